The summed E-state index contributed by atoms with van der Waals surface area (Å²) < 4.78 is 6.82. The summed E-state index contributed by atoms with van der Waals surface area (Å²) in [5, 5.41) is 12.3. The summed E-state index contributed by atoms with van der Waals surface area (Å²) in [5.74, 6) is 0.227. The summed E-state index contributed by atoms with van der Waals surface area (Å²) in [6, 6.07) is 5.90. The fraction of sp³-hybridized carbons (Fsp3) is 0.500. The SMILES string of the molecule is COC(=O)C(C)(CSc1nnc2ccccn12)NC(C)C. The van der Waals surface area contributed by atoms with Gasteiger partial charge in [-0.1, -0.05) is 17.8 Å². The Bertz CT molecular complexity index is 628. The number of methoxy groups -OCH3 is 1. The van der Waals surface area contributed by atoms with Gasteiger partial charge in [0.1, 0.15) is 5.54 Å². The second-order valence-electron chi connectivity index (χ2n) is 5.32. The van der Waals surface area contributed by atoms with Crippen molar-refractivity contribution in [3.8, 4) is 0 Å². The molecule has 21 heavy (non-hydrogen) atoms. The Morgan fingerprint density at radius 1 is 1.48 bits per heavy atom. The van der Waals surface area contributed by atoms with Gasteiger partial charge >= 0.3 is 5.97 Å². The molecule has 0 radical (unpaired) electrons. The van der Waals surface area contributed by atoms with Crippen LogP contribution in [0.2, 0.25) is 0 Å². The molecular weight excluding hydrogens is 288 g/mol. The normalized spacial score (nSPS) is 14.3. The first-order valence-electron chi connectivity index (χ1n) is 6.75. The van der Waals surface area contributed by atoms with Crippen LogP contribution >= 0.6 is 11.8 Å². The lowest BCUT2D eigenvalue weighted by molar-refractivity contribution is -0.147. The molecule has 0 aliphatic carbocycles. The average molecular weight is 308 g/mol. The molecule has 2 aromatic rings. The highest BCUT2D eigenvalue weighted by Gasteiger charge is 2.35. The minimum absolute atomic E-state index is 0.171. The Labute approximate surface area is 128 Å². The summed E-state index contributed by atoms with van der Waals surface area (Å²) in [5.41, 5.74) is 0.0189. The first kappa shape index (κ1) is 15.8. The van der Waals surface area contributed by atoms with Crippen LogP contribution in [0.3, 0.4) is 0 Å². The van der Waals surface area contributed by atoms with Crippen LogP contribution in [-0.2, 0) is 9.53 Å². The zero-order chi connectivity index (χ0) is 15.5. The highest BCUT2D eigenvalue weighted by Crippen LogP contribution is 2.23. The smallest absolute Gasteiger partial charge is 0.326 e. The van der Waals surface area contributed by atoms with Crippen molar-refractivity contribution in [3.05, 3.63) is 24.4 Å². The Morgan fingerprint density at radius 2 is 2.24 bits per heavy atom. The summed E-state index contributed by atoms with van der Waals surface area (Å²) in [4.78, 5) is 12.1. The van der Waals surface area contributed by atoms with Gasteiger partial charge in [-0.15, -0.1) is 10.2 Å². The second kappa shape index (κ2) is 6.44. The number of pyridine rings is 1. The van der Waals surface area contributed by atoms with Gasteiger partial charge in [-0.3, -0.25) is 14.5 Å². The van der Waals surface area contributed by atoms with E-state index in [4.69, 9.17) is 4.74 Å². The molecule has 0 aromatic carbocycles. The summed E-state index contributed by atoms with van der Waals surface area (Å²) in [6.45, 7) is 5.84. The molecule has 1 unspecified atom stereocenters. The summed E-state index contributed by atoms with van der Waals surface area (Å²) in [7, 11) is 1.40. The van der Waals surface area contributed by atoms with E-state index in [1.54, 1.807) is 0 Å². The number of ether oxygens (including phenoxy) is 1. The molecule has 1 atom stereocenters. The maximum atomic E-state index is 12.1. The van der Waals surface area contributed by atoms with Gasteiger partial charge in [0.2, 0.25) is 0 Å². The number of fused-ring (bicyclic) bond motifs is 1. The van der Waals surface area contributed by atoms with Crippen molar-refractivity contribution in [1.82, 2.24) is 19.9 Å². The van der Waals surface area contributed by atoms with E-state index < -0.39 is 5.54 Å². The van der Waals surface area contributed by atoms with Crippen LogP contribution in [0.25, 0.3) is 5.65 Å². The van der Waals surface area contributed by atoms with Gasteiger partial charge in [-0.25, -0.2) is 0 Å². The Morgan fingerprint density at radius 3 is 2.90 bits per heavy atom. The minimum atomic E-state index is -0.770. The van der Waals surface area contributed by atoms with Crippen molar-refractivity contribution in [1.29, 1.82) is 0 Å². The topological polar surface area (TPSA) is 68.5 Å². The van der Waals surface area contributed by atoms with Crippen LogP contribution in [-0.4, -0.2) is 45.0 Å². The van der Waals surface area contributed by atoms with Crippen LogP contribution in [0.15, 0.2) is 29.6 Å². The van der Waals surface area contributed by atoms with E-state index in [0.29, 0.717) is 5.75 Å². The van der Waals surface area contributed by atoms with Gasteiger partial charge in [0, 0.05) is 18.0 Å². The van der Waals surface area contributed by atoms with Crippen LogP contribution in [0.4, 0.5) is 0 Å². The van der Waals surface area contributed by atoms with E-state index in [-0.39, 0.29) is 12.0 Å². The molecule has 6 nitrogen and oxygen atoms in total. The number of carbonyl (C=O) groups excluding carboxylic acids is 1. The highest BCUT2D eigenvalue weighted by molar-refractivity contribution is 7.99. The van der Waals surface area contributed by atoms with Gasteiger partial charge in [-0.05, 0) is 32.9 Å². The number of carbonyl (C=O) groups is 1. The highest BCUT2D eigenvalue weighted by atomic mass is 32.2. The van der Waals surface area contributed by atoms with E-state index in [2.05, 4.69) is 15.5 Å². The number of nitrogens with one attached hydrogen (secondary N) is 1. The van der Waals surface area contributed by atoms with E-state index in [0.717, 1.165) is 10.8 Å². The van der Waals surface area contributed by atoms with Gasteiger partial charge in [0.25, 0.3) is 0 Å². The fourth-order valence-electron chi connectivity index (χ4n) is 2.15. The monoisotopic (exact) mass is 308 g/mol. The Kier molecular flexibility index (Phi) is 4.84. The van der Waals surface area contributed by atoms with Crippen LogP contribution < -0.4 is 5.32 Å². The third-order valence-corrected chi connectivity index (χ3v) is 4.27. The van der Waals surface area contributed by atoms with Crippen molar-refractivity contribution < 1.29 is 9.53 Å². The van der Waals surface area contributed by atoms with Crippen molar-refractivity contribution in [2.24, 2.45) is 0 Å². The van der Waals surface area contributed by atoms with Crippen LogP contribution in [0, 0.1) is 0 Å². The fourth-order valence-corrected chi connectivity index (χ4v) is 3.16. The molecule has 2 aromatic heterocycles. The van der Waals surface area contributed by atoms with Crippen LogP contribution in [0.1, 0.15) is 20.8 Å². The molecule has 0 aliphatic rings. The first-order chi connectivity index (χ1) is 9.96. The number of hydrogen-bond donors (Lipinski definition) is 1. The predicted octanol–water partition coefficient (Wildman–Crippen LogP) is 1.75. The third kappa shape index (κ3) is 3.54. The molecule has 2 rings (SSSR count). The summed E-state index contributed by atoms with van der Waals surface area (Å²) >= 11 is 1.48. The molecule has 0 spiro atoms. The van der Waals surface area contributed by atoms with Crippen LogP contribution in [0.5, 0.6) is 0 Å². The minimum Gasteiger partial charge on any atom is -0.468 e. The lowest BCUT2D eigenvalue weighted by Crippen LogP contribution is -2.54. The Hall–Kier alpha value is -1.60. The third-order valence-electron chi connectivity index (χ3n) is 3.02. The van der Waals surface area contributed by atoms with Crippen molar-refractivity contribution in [3.63, 3.8) is 0 Å². The van der Waals surface area contributed by atoms with Gasteiger partial charge in [0.15, 0.2) is 10.8 Å². The molecule has 0 saturated carbocycles. The maximum absolute atomic E-state index is 12.1. The number of aromatic nitrogens is 3. The Balaban J connectivity index is 2.16. The molecule has 2 heterocycles. The zero-order valence-electron chi connectivity index (χ0n) is 12.7. The second-order valence-corrected chi connectivity index (χ2v) is 6.27. The standard InChI is InChI=1S/C14H20N4O2S/c1-10(2)15-14(3,12(19)20-4)9-21-13-17-16-11-7-5-6-8-18(11)13/h5-8,10,15H,9H2,1-4H3. The van der Waals surface area contributed by atoms with Crippen molar-refractivity contribution in [2.45, 2.75) is 37.5 Å². The van der Waals surface area contributed by atoms with E-state index in [1.165, 1.54) is 18.9 Å². The average Bonchev–Trinajstić information content (AvgIpc) is 2.87. The first-order valence-corrected chi connectivity index (χ1v) is 7.73. The molecule has 0 amide bonds. The molecule has 114 valence electrons. The molecular formula is C14H20N4O2S. The predicted molar refractivity (Wildman–Crippen MR) is 82.4 cm³/mol. The zero-order valence-corrected chi connectivity index (χ0v) is 13.5. The number of hydrogen-bond acceptors (Lipinski definition) is 6. The van der Waals surface area contributed by atoms with E-state index in [9.17, 15) is 4.79 Å². The molecule has 0 saturated heterocycles. The van der Waals surface area contributed by atoms with Crippen molar-refractivity contribution >= 4 is 23.4 Å². The lowest BCUT2D eigenvalue weighted by atomic mass is 10.0. The lowest BCUT2D eigenvalue weighted by Gasteiger charge is -2.29. The largest absolute Gasteiger partial charge is 0.468 e. The number of thioether (sulfide) groups is 1. The number of esters is 1. The maximum Gasteiger partial charge on any atom is 0.326 e. The van der Waals surface area contributed by atoms with E-state index in [1.807, 2.05) is 49.6 Å². The number of nitrogens with zero attached hydrogens (tertiary/aromatic N) is 3. The molecule has 1 N–H and O–H groups in total. The van der Waals surface area contributed by atoms with Gasteiger partial charge < -0.3 is 4.74 Å². The molecule has 0 aliphatic heterocycles. The summed E-state index contributed by atoms with van der Waals surface area (Å²) in [6.07, 6.45) is 1.91. The van der Waals surface area contributed by atoms with Crippen molar-refractivity contribution in [2.75, 3.05) is 12.9 Å². The number of rotatable bonds is 6. The van der Waals surface area contributed by atoms with Gasteiger partial charge in [-0.2, -0.15) is 0 Å². The molecule has 7 heteroatoms. The quantitative estimate of drug-likeness (QED) is 0.648. The molecule has 0 bridgehead atoms. The molecule has 0 fully saturated rings. The van der Waals surface area contributed by atoms with E-state index >= 15 is 0 Å². The van der Waals surface area contributed by atoms with Gasteiger partial charge in [0.05, 0.1) is 7.11 Å².